The van der Waals surface area contributed by atoms with Crippen LogP contribution < -0.4 is 4.90 Å². The Bertz CT molecular complexity index is 848. The second kappa shape index (κ2) is 7.04. The molecule has 4 rings (SSSR count). The van der Waals surface area contributed by atoms with Crippen molar-refractivity contribution in [3.8, 4) is 22.3 Å². The molecule has 130 valence electrons. The number of anilines is 1. The summed E-state index contributed by atoms with van der Waals surface area (Å²) in [5.74, 6) is -0.742. The molecule has 3 heteroatoms. The molecule has 1 aliphatic rings. The lowest BCUT2D eigenvalue weighted by molar-refractivity contribution is -0.138. The molecule has 26 heavy (non-hydrogen) atoms. The second-order valence-corrected chi connectivity index (χ2v) is 6.69. The fourth-order valence-corrected chi connectivity index (χ4v) is 3.70. The van der Waals surface area contributed by atoms with E-state index in [-0.39, 0.29) is 0 Å². The minimum Gasteiger partial charge on any atom is -0.480 e. The van der Waals surface area contributed by atoms with Crippen LogP contribution in [-0.2, 0) is 4.79 Å². The molecule has 0 amide bonds. The van der Waals surface area contributed by atoms with Crippen molar-refractivity contribution in [3.63, 3.8) is 0 Å². The van der Waals surface area contributed by atoms with Gasteiger partial charge in [0.15, 0.2) is 0 Å². The van der Waals surface area contributed by atoms with Crippen LogP contribution in [0.15, 0.2) is 78.9 Å². The lowest BCUT2D eigenvalue weighted by Crippen LogP contribution is -2.35. The average Bonchev–Trinajstić information content (AvgIpc) is 3.19. The van der Waals surface area contributed by atoms with Crippen LogP contribution in [0.25, 0.3) is 22.3 Å². The maximum Gasteiger partial charge on any atom is 0.326 e. The van der Waals surface area contributed by atoms with Gasteiger partial charge in [0.25, 0.3) is 0 Å². The predicted molar refractivity (Wildman–Crippen MR) is 105 cm³/mol. The number of carbonyl (C=O) groups is 1. The van der Waals surface area contributed by atoms with Gasteiger partial charge in [0, 0.05) is 12.2 Å². The zero-order chi connectivity index (χ0) is 17.9. The van der Waals surface area contributed by atoms with E-state index >= 15 is 0 Å². The van der Waals surface area contributed by atoms with Crippen LogP contribution in [-0.4, -0.2) is 23.7 Å². The van der Waals surface area contributed by atoms with E-state index in [1.807, 2.05) is 41.3 Å². The Hall–Kier alpha value is -3.07. The average molecular weight is 343 g/mol. The van der Waals surface area contributed by atoms with E-state index in [1.54, 1.807) is 0 Å². The minimum absolute atomic E-state index is 0.440. The molecule has 0 saturated carbocycles. The van der Waals surface area contributed by atoms with Gasteiger partial charge in [-0.1, -0.05) is 60.7 Å². The molecule has 1 N–H and O–H groups in total. The number of benzene rings is 3. The van der Waals surface area contributed by atoms with Gasteiger partial charge in [-0.2, -0.15) is 0 Å². The highest BCUT2D eigenvalue weighted by molar-refractivity contribution is 5.83. The van der Waals surface area contributed by atoms with Gasteiger partial charge in [0.05, 0.1) is 0 Å². The summed E-state index contributed by atoms with van der Waals surface area (Å²) in [6, 6.07) is 26.5. The van der Waals surface area contributed by atoms with Gasteiger partial charge in [-0.3, -0.25) is 0 Å². The molecule has 0 spiro atoms. The number of hydrogen-bond acceptors (Lipinski definition) is 2. The second-order valence-electron chi connectivity index (χ2n) is 6.69. The predicted octanol–water partition coefficient (Wildman–Crippen LogP) is 5.07. The first-order valence-electron chi connectivity index (χ1n) is 8.98. The molecule has 0 unspecified atom stereocenters. The van der Waals surface area contributed by atoms with E-state index in [1.165, 1.54) is 0 Å². The summed E-state index contributed by atoms with van der Waals surface area (Å²) in [6.45, 7) is 0.781. The molecule has 3 aromatic rings. The number of aliphatic carboxylic acids is 1. The van der Waals surface area contributed by atoms with E-state index in [2.05, 4.69) is 42.5 Å². The van der Waals surface area contributed by atoms with Gasteiger partial charge in [-0.25, -0.2) is 4.79 Å². The zero-order valence-corrected chi connectivity index (χ0v) is 14.5. The smallest absolute Gasteiger partial charge is 0.326 e. The number of rotatable bonds is 4. The van der Waals surface area contributed by atoms with Gasteiger partial charge in [0.2, 0.25) is 0 Å². The molecule has 0 radical (unpaired) electrons. The van der Waals surface area contributed by atoms with Crippen molar-refractivity contribution in [3.05, 3.63) is 78.9 Å². The van der Waals surface area contributed by atoms with Crippen molar-refractivity contribution in [2.45, 2.75) is 18.9 Å². The Morgan fingerprint density at radius 3 is 1.85 bits per heavy atom. The maximum atomic E-state index is 11.7. The highest BCUT2D eigenvalue weighted by atomic mass is 16.4. The first kappa shape index (κ1) is 16.4. The fourth-order valence-electron chi connectivity index (χ4n) is 3.70. The quantitative estimate of drug-likeness (QED) is 0.718. The highest BCUT2D eigenvalue weighted by Gasteiger charge is 2.31. The molecule has 0 aliphatic carbocycles. The monoisotopic (exact) mass is 343 g/mol. The molecular formula is C23H21NO2. The molecule has 0 aromatic heterocycles. The van der Waals surface area contributed by atoms with Crippen LogP contribution in [0.1, 0.15) is 12.8 Å². The molecule has 1 atom stereocenters. The Morgan fingerprint density at radius 1 is 0.808 bits per heavy atom. The number of hydrogen-bond donors (Lipinski definition) is 1. The first-order valence-corrected chi connectivity index (χ1v) is 8.98. The van der Waals surface area contributed by atoms with Crippen LogP contribution in [0.4, 0.5) is 5.69 Å². The van der Waals surface area contributed by atoms with Crippen LogP contribution in [0.5, 0.6) is 0 Å². The SMILES string of the molecule is O=C(O)[C@@H]1CCCN1c1cc(-c2ccccc2)cc(-c2ccccc2)c1. The van der Waals surface area contributed by atoms with Gasteiger partial charge >= 0.3 is 5.97 Å². The topological polar surface area (TPSA) is 40.5 Å². The Balaban J connectivity index is 1.84. The summed E-state index contributed by atoms with van der Waals surface area (Å²) in [5.41, 5.74) is 5.47. The van der Waals surface area contributed by atoms with Crippen molar-refractivity contribution in [1.82, 2.24) is 0 Å². The summed E-state index contributed by atoms with van der Waals surface area (Å²) in [6.07, 6.45) is 1.61. The minimum atomic E-state index is -0.742. The molecule has 1 heterocycles. The Labute approximate surface area is 153 Å². The van der Waals surface area contributed by atoms with E-state index < -0.39 is 12.0 Å². The van der Waals surface area contributed by atoms with Crippen LogP contribution in [0.2, 0.25) is 0 Å². The molecule has 1 fully saturated rings. The largest absolute Gasteiger partial charge is 0.480 e. The number of nitrogens with zero attached hydrogens (tertiary/aromatic N) is 1. The number of carboxylic acid groups (broad SMARTS) is 1. The first-order chi connectivity index (χ1) is 12.7. The van der Waals surface area contributed by atoms with Crippen LogP contribution in [0, 0.1) is 0 Å². The standard InChI is InChI=1S/C23H21NO2/c25-23(26)22-12-7-13-24(22)21-15-19(17-8-3-1-4-9-17)14-20(16-21)18-10-5-2-6-11-18/h1-6,8-11,14-16,22H,7,12-13H2,(H,25,26)/t22-/m0/s1. The van der Waals surface area contributed by atoms with Gasteiger partial charge in [0.1, 0.15) is 6.04 Å². The maximum absolute atomic E-state index is 11.7. The third-order valence-corrected chi connectivity index (χ3v) is 5.00. The Kier molecular flexibility index (Phi) is 4.44. The van der Waals surface area contributed by atoms with E-state index in [0.29, 0.717) is 6.42 Å². The lowest BCUT2D eigenvalue weighted by Gasteiger charge is -2.25. The van der Waals surface area contributed by atoms with Crippen molar-refractivity contribution in [2.75, 3.05) is 11.4 Å². The normalized spacial score (nSPS) is 16.6. The van der Waals surface area contributed by atoms with Gasteiger partial charge in [-0.15, -0.1) is 0 Å². The van der Waals surface area contributed by atoms with Gasteiger partial charge < -0.3 is 10.0 Å². The van der Waals surface area contributed by atoms with Crippen molar-refractivity contribution in [1.29, 1.82) is 0 Å². The van der Waals surface area contributed by atoms with Crippen molar-refractivity contribution < 1.29 is 9.90 Å². The zero-order valence-electron chi connectivity index (χ0n) is 14.5. The van der Waals surface area contributed by atoms with E-state index in [9.17, 15) is 9.90 Å². The summed E-state index contributed by atoms with van der Waals surface area (Å²) >= 11 is 0. The summed E-state index contributed by atoms with van der Waals surface area (Å²) in [5, 5.41) is 9.58. The number of carboxylic acids is 1. The summed E-state index contributed by atoms with van der Waals surface area (Å²) in [4.78, 5) is 13.7. The molecule has 1 aliphatic heterocycles. The Morgan fingerprint density at radius 2 is 1.35 bits per heavy atom. The third kappa shape index (κ3) is 3.21. The fraction of sp³-hybridized carbons (Fsp3) is 0.174. The van der Waals surface area contributed by atoms with E-state index in [4.69, 9.17) is 0 Å². The summed E-state index contributed by atoms with van der Waals surface area (Å²) in [7, 11) is 0. The summed E-state index contributed by atoms with van der Waals surface area (Å²) < 4.78 is 0. The van der Waals surface area contributed by atoms with Crippen LogP contribution in [0.3, 0.4) is 0 Å². The molecule has 3 nitrogen and oxygen atoms in total. The third-order valence-electron chi connectivity index (χ3n) is 5.00. The molecular weight excluding hydrogens is 322 g/mol. The highest BCUT2D eigenvalue weighted by Crippen LogP contribution is 2.35. The lowest BCUT2D eigenvalue weighted by atomic mass is 9.97. The van der Waals surface area contributed by atoms with Crippen molar-refractivity contribution in [2.24, 2.45) is 0 Å². The van der Waals surface area contributed by atoms with Crippen LogP contribution >= 0.6 is 0 Å². The molecule has 1 saturated heterocycles. The van der Waals surface area contributed by atoms with Crippen molar-refractivity contribution >= 4 is 11.7 Å². The van der Waals surface area contributed by atoms with E-state index in [0.717, 1.165) is 40.9 Å². The molecule has 0 bridgehead atoms. The molecule has 3 aromatic carbocycles. The van der Waals surface area contributed by atoms with Gasteiger partial charge in [-0.05, 0) is 53.3 Å².